The molecule has 0 amide bonds. The van der Waals surface area contributed by atoms with Gasteiger partial charge in [0.1, 0.15) is 0 Å². The molecule has 1 N–H and O–H groups in total. The Morgan fingerprint density at radius 1 is 1.62 bits per heavy atom. The molecule has 72 valence electrons. The van der Waals surface area contributed by atoms with Crippen LogP contribution in [0.3, 0.4) is 0 Å². The van der Waals surface area contributed by atoms with Gasteiger partial charge in [-0.3, -0.25) is 4.90 Å². The van der Waals surface area contributed by atoms with Gasteiger partial charge in [0.2, 0.25) is 0 Å². The van der Waals surface area contributed by atoms with Crippen molar-refractivity contribution in [2.24, 2.45) is 0 Å². The molecule has 0 aromatic rings. The zero-order valence-corrected chi connectivity index (χ0v) is 8.56. The lowest BCUT2D eigenvalue weighted by atomic mass is 10.0. The number of nitrogens with zero attached hydrogens (tertiary/aromatic N) is 1. The summed E-state index contributed by atoms with van der Waals surface area (Å²) in [5, 5.41) is 3.25. The van der Waals surface area contributed by atoms with Gasteiger partial charge in [0.05, 0.1) is 6.54 Å². The van der Waals surface area contributed by atoms with Crippen LogP contribution in [0, 0.1) is 12.3 Å². The van der Waals surface area contributed by atoms with E-state index in [1.807, 2.05) is 0 Å². The smallest absolute Gasteiger partial charge is 0.0601 e. The summed E-state index contributed by atoms with van der Waals surface area (Å²) in [4.78, 5) is 2.28. The highest BCUT2D eigenvalue weighted by Gasteiger charge is 2.12. The van der Waals surface area contributed by atoms with Gasteiger partial charge in [-0.2, -0.15) is 0 Å². The minimum atomic E-state index is 0.758. The van der Waals surface area contributed by atoms with Crippen molar-refractivity contribution in [2.75, 3.05) is 32.7 Å². The highest BCUT2D eigenvalue weighted by molar-refractivity contribution is 5.22. The lowest BCUT2D eigenvalue weighted by molar-refractivity contribution is 0.349. The monoisotopic (exact) mass is 178 g/mol. The fourth-order valence-electron chi connectivity index (χ4n) is 1.41. The molecule has 0 aromatic carbocycles. The molecule has 0 radical (unpaired) electrons. The van der Waals surface area contributed by atoms with E-state index in [4.69, 9.17) is 6.42 Å². The Hall–Kier alpha value is -0.780. The van der Waals surface area contributed by atoms with Crippen LogP contribution in [0.15, 0.2) is 11.1 Å². The van der Waals surface area contributed by atoms with Crippen LogP contribution in [-0.4, -0.2) is 37.6 Å². The van der Waals surface area contributed by atoms with E-state index in [0.717, 1.165) is 32.7 Å². The molecule has 0 unspecified atom stereocenters. The summed E-state index contributed by atoms with van der Waals surface area (Å²) in [7, 11) is 0. The number of hydrogen-bond donors (Lipinski definition) is 1. The Balaban J connectivity index is 2.41. The minimum absolute atomic E-state index is 0.758. The van der Waals surface area contributed by atoms with Gasteiger partial charge in [-0.15, -0.1) is 6.42 Å². The molecule has 1 aliphatic heterocycles. The normalized spacial score (nSPS) is 15.4. The first-order valence-corrected chi connectivity index (χ1v) is 4.82. The zero-order chi connectivity index (χ0) is 9.68. The van der Waals surface area contributed by atoms with E-state index in [1.54, 1.807) is 5.57 Å². The topological polar surface area (TPSA) is 15.3 Å². The average molecular weight is 178 g/mol. The quantitative estimate of drug-likeness (QED) is 0.507. The molecule has 1 aliphatic rings. The molecule has 1 fully saturated rings. The van der Waals surface area contributed by atoms with Gasteiger partial charge in [-0.1, -0.05) is 18.4 Å². The van der Waals surface area contributed by atoms with Crippen molar-refractivity contribution in [1.29, 1.82) is 0 Å². The SMILES string of the molecule is C#CCN(CC)CC(C)=C1CNC1. The first-order valence-electron chi connectivity index (χ1n) is 4.82. The van der Waals surface area contributed by atoms with Crippen LogP contribution in [0.2, 0.25) is 0 Å². The van der Waals surface area contributed by atoms with Gasteiger partial charge < -0.3 is 5.32 Å². The number of nitrogens with one attached hydrogen (secondary N) is 1. The summed E-state index contributed by atoms with van der Waals surface area (Å²) in [6.45, 7) is 9.30. The summed E-state index contributed by atoms with van der Waals surface area (Å²) in [5.41, 5.74) is 3.03. The summed E-state index contributed by atoms with van der Waals surface area (Å²) in [5.74, 6) is 2.69. The van der Waals surface area contributed by atoms with Crippen molar-refractivity contribution < 1.29 is 0 Å². The fraction of sp³-hybridized carbons (Fsp3) is 0.636. The molecule has 1 rings (SSSR count). The van der Waals surface area contributed by atoms with E-state index in [9.17, 15) is 0 Å². The van der Waals surface area contributed by atoms with Crippen LogP contribution in [0.5, 0.6) is 0 Å². The molecule has 1 saturated heterocycles. The van der Waals surface area contributed by atoms with E-state index in [2.05, 4.69) is 30.0 Å². The second-order valence-corrected chi connectivity index (χ2v) is 3.49. The van der Waals surface area contributed by atoms with Crippen LogP contribution < -0.4 is 5.32 Å². The third-order valence-corrected chi connectivity index (χ3v) is 2.50. The van der Waals surface area contributed by atoms with Gasteiger partial charge in [-0.25, -0.2) is 0 Å². The van der Waals surface area contributed by atoms with E-state index in [-0.39, 0.29) is 0 Å². The predicted octanol–water partition coefficient (Wildman–Crippen LogP) is 0.861. The standard InChI is InChI=1S/C11H18N2/c1-4-6-13(5-2)9-10(3)11-7-12-8-11/h1,12H,5-9H2,2-3H3. The zero-order valence-electron chi connectivity index (χ0n) is 8.56. The largest absolute Gasteiger partial charge is 0.309 e. The molecule has 0 spiro atoms. The van der Waals surface area contributed by atoms with E-state index < -0.39 is 0 Å². The van der Waals surface area contributed by atoms with Crippen LogP contribution in [-0.2, 0) is 0 Å². The van der Waals surface area contributed by atoms with E-state index in [1.165, 1.54) is 5.57 Å². The molecule has 1 heterocycles. The van der Waals surface area contributed by atoms with Crippen LogP contribution in [0.25, 0.3) is 0 Å². The second kappa shape index (κ2) is 5.06. The summed E-state index contributed by atoms with van der Waals surface area (Å²) in [6.07, 6.45) is 5.28. The van der Waals surface area contributed by atoms with Crippen LogP contribution in [0.1, 0.15) is 13.8 Å². The molecule has 0 atom stereocenters. The summed E-state index contributed by atoms with van der Waals surface area (Å²) >= 11 is 0. The van der Waals surface area contributed by atoms with Crippen molar-refractivity contribution in [3.8, 4) is 12.3 Å². The van der Waals surface area contributed by atoms with Crippen LogP contribution in [0.4, 0.5) is 0 Å². The van der Waals surface area contributed by atoms with Gasteiger partial charge in [0.15, 0.2) is 0 Å². The van der Waals surface area contributed by atoms with Gasteiger partial charge in [0.25, 0.3) is 0 Å². The molecule has 13 heavy (non-hydrogen) atoms. The van der Waals surface area contributed by atoms with Crippen molar-refractivity contribution >= 4 is 0 Å². The van der Waals surface area contributed by atoms with E-state index in [0.29, 0.717) is 0 Å². The maximum absolute atomic E-state index is 5.28. The second-order valence-electron chi connectivity index (χ2n) is 3.49. The van der Waals surface area contributed by atoms with Gasteiger partial charge in [0, 0.05) is 19.6 Å². The van der Waals surface area contributed by atoms with Crippen LogP contribution >= 0.6 is 0 Å². The molecule has 2 nitrogen and oxygen atoms in total. The summed E-state index contributed by atoms with van der Waals surface area (Å²) < 4.78 is 0. The Labute approximate surface area is 81.0 Å². The highest BCUT2D eigenvalue weighted by Crippen LogP contribution is 2.09. The third kappa shape index (κ3) is 2.87. The number of rotatable bonds is 4. The molecule has 0 aliphatic carbocycles. The minimum Gasteiger partial charge on any atom is -0.309 e. The highest BCUT2D eigenvalue weighted by atomic mass is 15.1. The molecular formula is C11H18N2. The Bertz CT molecular complexity index is 229. The molecule has 0 bridgehead atoms. The van der Waals surface area contributed by atoms with Crippen molar-refractivity contribution in [3.05, 3.63) is 11.1 Å². The first-order chi connectivity index (χ1) is 6.27. The fourth-order valence-corrected chi connectivity index (χ4v) is 1.41. The number of hydrogen-bond acceptors (Lipinski definition) is 2. The maximum Gasteiger partial charge on any atom is 0.0601 e. The average Bonchev–Trinajstić information content (AvgIpc) is 2.00. The van der Waals surface area contributed by atoms with Gasteiger partial charge in [-0.05, 0) is 19.0 Å². The summed E-state index contributed by atoms with van der Waals surface area (Å²) in [6, 6.07) is 0. The van der Waals surface area contributed by atoms with Crippen molar-refractivity contribution in [3.63, 3.8) is 0 Å². The lowest BCUT2D eigenvalue weighted by Gasteiger charge is -2.25. The molecule has 0 aromatic heterocycles. The third-order valence-electron chi connectivity index (χ3n) is 2.50. The molecule has 0 saturated carbocycles. The number of likely N-dealkylation sites (N-methyl/N-ethyl adjacent to an activating group) is 1. The molecular weight excluding hydrogens is 160 g/mol. The van der Waals surface area contributed by atoms with Crippen molar-refractivity contribution in [1.82, 2.24) is 10.2 Å². The van der Waals surface area contributed by atoms with E-state index >= 15 is 0 Å². The van der Waals surface area contributed by atoms with Crippen molar-refractivity contribution in [2.45, 2.75) is 13.8 Å². The Morgan fingerprint density at radius 2 is 2.31 bits per heavy atom. The number of terminal acetylenes is 1. The van der Waals surface area contributed by atoms with Gasteiger partial charge >= 0.3 is 0 Å². The maximum atomic E-state index is 5.28. The predicted molar refractivity (Wildman–Crippen MR) is 56.5 cm³/mol. The lowest BCUT2D eigenvalue weighted by Crippen LogP contribution is -2.36. The first kappa shape index (κ1) is 10.3. The Morgan fingerprint density at radius 3 is 2.69 bits per heavy atom. The molecule has 2 heteroatoms. The Kier molecular flexibility index (Phi) is 4.01.